The van der Waals surface area contributed by atoms with Gasteiger partial charge in [-0.25, -0.2) is 0 Å². The topological polar surface area (TPSA) is 55.2 Å². The van der Waals surface area contributed by atoms with Crippen LogP contribution in [0.4, 0.5) is 11.4 Å². The number of benzene rings is 3. The maximum absolute atomic E-state index is 11.3. The summed E-state index contributed by atoms with van der Waals surface area (Å²) in [5.41, 5.74) is 5.66. The van der Waals surface area contributed by atoms with Crippen LogP contribution in [-0.4, -0.2) is 4.92 Å². The Balaban J connectivity index is 1.68. The molecule has 0 spiro atoms. The summed E-state index contributed by atoms with van der Waals surface area (Å²) in [4.78, 5) is 11.0. The van der Waals surface area contributed by atoms with Gasteiger partial charge in [0.05, 0.1) is 21.0 Å². The molecule has 0 aromatic heterocycles. The van der Waals surface area contributed by atoms with Crippen LogP contribution in [0.5, 0.6) is 0 Å². The molecule has 6 heteroatoms. The number of hydrogen-bond donors (Lipinski definition) is 1. The lowest BCUT2D eigenvalue weighted by Gasteiger charge is -2.38. The summed E-state index contributed by atoms with van der Waals surface area (Å²) >= 11 is 12.4. The normalized spacial score (nSPS) is 22.0. The smallest absolute Gasteiger partial charge is 0.269 e. The standard InChI is InChI=1S/C22H16Cl2N2O2/c23-18-7-5-13(10-19(18)24)22-17-9-12-3-1-2-4-15(12)21(17)16-11-14(26(27)28)6-8-20(16)25-22/h1-8,10-11,17,21-22,25H,9H2/t17-,21+,22+/m1/s1. The van der Waals surface area contributed by atoms with E-state index in [-0.39, 0.29) is 28.5 Å². The Bertz CT molecular complexity index is 1120. The monoisotopic (exact) mass is 410 g/mol. The molecule has 0 unspecified atom stereocenters. The molecule has 0 amide bonds. The quantitative estimate of drug-likeness (QED) is 0.394. The van der Waals surface area contributed by atoms with Gasteiger partial charge in [0.2, 0.25) is 0 Å². The van der Waals surface area contributed by atoms with E-state index in [1.165, 1.54) is 11.1 Å². The molecule has 0 radical (unpaired) electrons. The molecule has 0 fully saturated rings. The number of halogens is 2. The minimum Gasteiger partial charge on any atom is -0.378 e. The van der Waals surface area contributed by atoms with Crippen molar-refractivity contribution in [2.75, 3.05) is 5.32 Å². The molecule has 1 aliphatic carbocycles. The zero-order valence-corrected chi connectivity index (χ0v) is 16.2. The van der Waals surface area contributed by atoms with Gasteiger partial charge in [-0.1, -0.05) is 53.5 Å². The van der Waals surface area contributed by atoms with Crippen molar-refractivity contribution >= 4 is 34.6 Å². The van der Waals surface area contributed by atoms with Crippen molar-refractivity contribution in [3.05, 3.63) is 103 Å². The number of non-ortho nitro benzene ring substituents is 1. The van der Waals surface area contributed by atoms with Crippen LogP contribution < -0.4 is 5.32 Å². The Morgan fingerprint density at radius 3 is 2.57 bits per heavy atom. The number of hydrogen-bond acceptors (Lipinski definition) is 3. The lowest BCUT2D eigenvalue weighted by atomic mass is 9.75. The van der Waals surface area contributed by atoms with Crippen LogP contribution in [0, 0.1) is 16.0 Å². The second-order valence-corrected chi connectivity index (χ2v) is 8.18. The largest absolute Gasteiger partial charge is 0.378 e. The fourth-order valence-corrected chi connectivity index (χ4v) is 5.00. The van der Waals surface area contributed by atoms with Gasteiger partial charge in [-0.05, 0) is 52.8 Å². The van der Waals surface area contributed by atoms with Crippen molar-refractivity contribution in [3.63, 3.8) is 0 Å². The Morgan fingerprint density at radius 2 is 1.79 bits per heavy atom. The predicted molar refractivity (Wildman–Crippen MR) is 111 cm³/mol. The van der Waals surface area contributed by atoms with Gasteiger partial charge in [-0.15, -0.1) is 0 Å². The number of anilines is 1. The highest BCUT2D eigenvalue weighted by Gasteiger charge is 2.43. The van der Waals surface area contributed by atoms with E-state index in [2.05, 4.69) is 17.4 Å². The Labute approximate surface area is 172 Å². The second kappa shape index (κ2) is 6.50. The van der Waals surface area contributed by atoms with E-state index in [9.17, 15) is 10.1 Å². The first-order chi connectivity index (χ1) is 13.5. The van der Waals surface area contributed by atoms with Crippen LogP contribution in [0.1, 0.15) is 34.2 Å². The van der Waals surface area contributed by atoms with Gasteiger partial charge in [0.1, 0.15) is 0 Å². The molecule has 3 aromatic carbocycles. The molecule has 1 heterocycles. The maximum Gasteiger partial charge on any atom is 0.269 e. The van der Waals surface area contributed by atoms with Crippen LogP contribution in [0.15, 0.2) is 60.7 Å². The third-order valence-corrected chi connectivity index (χ3v) is 6.64. The van der Waals surface area contributed by atoms with Crippen molar-refractivity contribution in [1.82, 2.24) is 0 Å². The fourth-order valence-electron chi connectivity index (χ4n) is 4.70. The number of nitro benzene ring substituents is 1. The number of rotatable bonds is 2. The summed E-state index contributed by atoms with van der Waals surface area (Å²) in [6.07, 6.45) is 0.904. The van der Waals surface area contributed by atoms with Crippen LogP contribution in [0.3, 0.4) is 0 Å². The van der Waals surface area contributed by atoms with E-state index < -0.39 is 0 Å². The van der Waals surface area contributed by atoms with E-state index >= 15 is 0 Å². The van der Waals surface area contributed by atoms with Gasteiger partial charge in [0.25, 0.3) is 5.69 Å². The Morgan fingerprint density at radius 1 is 0.964 bits per heavy atom. The molecule has 1 N–H and O–H groups in total. The van der Waals surface area contributed by atoms with Crippen molar-refractivity contribution < 1.29 is 4.92 Å². The first-order valence-electron chi connectivity index (χ1n) is 9.10. The summed E-state index contributed by atoms with van der Waals surface area (Å²) in [5.74, 6) is 0.343. The summed E-state index contributed by atoms with van der Waals surface area (Å²) in [5, 5.41) is 16.0. The zero-order chi connectivity index (χ0) is 19.4. The summed E-state index contributed by atoms with van der Waals surface area (Å²) in [6.45, 7) is 0. The minimum absolute atomic E-state index is 0.0427. The van der Waals surface area contributed by atoms with Crippen molar-refractivity contribution in [1.29, 1.82) is 0 Å². The number of fused-ring (bicyclic) bond motifs is 5. The summed E-state index contributed by atoms with van der Waals surface area (Å²) in [7, 11) is 0. The molecule has 28 heavy (non-hydrogen) atoms. The van der Waals surface area contributed by atoms with Crippen molar-refractivity contribution in [2.45, 2.75) is 18.4 Å². The van der Waals surface area contributed by atoms with E-state index in [1.54, 1.807) is 12.1 Å². The third kappa shape index (κ3) is 2.67. The lowest BCUT2D eigenvalue weighted by molar-refractivity contribution is -0.384. The van der Waals surface area contributed by atoms with E-state index in [4.69, 9.17) is 23.2 Å². The highest BCUT2D eigenvalue weighted by molar-refractivity contribution is 6.42. The van der Waals surface area contributed by atoms with Crippen LogP contribution in [-0.2, 0) is 6.42 Å². The molecular weight excluding hydrogens is 395 g/mol. The van der Waals surface area contributed by atoms with E-state index in [0.717, 1.165) is 23.2 Å². The number of nitrogens with zero attached hydrogens (tertiary/aromatic N) is 1. The van der Waals surface area contributed by atoms with Gasteiger partial charge >= 0.3 is 0 Å². The molecule has 3 aromatic rings. The van der Waals surface area contributed by atoms with Gasteiger partial charge in [-0.3, -0.25) is 10.1 Å². The minimum atomic E-state index is -0.332. The fraction of sp³-hybridized carbons (Fsp3) is 0.182. The van der Waals surface area contributed by atoms with E-state index in [1.807, 2.05) is 36.4 Å². The molecule has 0 saturated carbocycles. The molecule has 4 nitrogen and oxygen atoms in total. The van der Waals surface area contributed by atoms with Gasteiger partial charge in [0, 0.05) is 23.7 Å². The zero-order valence-electron chi connectivity index (χ0n) is 14.7. The molecule has 3 atom stereocenters. The van der Waals surface area contributed by atoms with Gasteiger partial charge in [0.15, 0.2) is 0 Å². The second-order valence-electron chi connectivity index (χ2n) is 7.37. The average Bonchev–Trinajstić information content (AvgIpc) is 3.09. The maximum atomic E-state index is 11.3. The highest BCUT2D eigenvalue weighted by atomic mass is 35.5. The van der Waals surface area contributed by atoms with E-state index in [0.29, 0.717) is 10.0 Å². The summed E-state index contributed by atoms with van der Waals surface area (Å²) < 4.78 is 0. The molecule has 2 aliphatic rings. The van der Waals surface area contributed by atoms with Crippen molar-refractivity contribution in [3.8, 4) is 0 Å². The number of nitro groups is 1. The SMILES string of the molecule is O=[N+]([O-])c1ccc2c(c1)[C@@H]1c3ccccc3C[C@H]1[C@H](c1ccc(Cl)c(Cl)c1)N2. The lowest BCUT2D eigenvalue weighted by Crippen LogP contribution is -2.30. The predicted octanol–water partition coefficient (Wildman–Crippen LogP) is 6.37. The molecule has 5 rings (SSSR count). The average molecular weight is 411 g/mol. The Hall–Kier alpha value is -2.56. The van der Waals surface area contributed by atoms with Crippen molar-refractivity contribution in [2.24, 2.45) is 5.92 Å². The van der Waals surface area contributed by atoms with Crippen LogP contribution in [0.25, 0.3) is 0 Å². The first kappa shape index (κ1) is 17.5. The molecule has 1 aliphatic heterocycles. The first-order valence-corrected chi connectivity index (χ1v) is 9.86. The third-order valence-electron chi connectivity index (χ3n) is 5.90. The van der Waals surface area contributed by atoms with Crippen LogP contribution in [0.2, 0.25) is 10.0 Å². The van der Waals surface area contributed by atoms with Crippen LogP contribution >= 0.6 is 23.2 Å². The van der Waals surface area contributed by atoms with Gasteiger partial charge < -0.3 is 5.32 Å². The van der Waals surface area contributed by atoms with Gasteiger partial charge in [-0.2, -0.15) is 0 Å². The molecule has 0 saturated heterocycles. The molecule has 0 bridgehead atoms. The molecule has 140 valence electrons. The number of nitrogens with one attached hydrogen (secondary N) is 1. The summed E-state index contributed by atoms with van der Waals surface area (Å²) in [6, 6.07) is 19.2. The Kier molecular flexibility index (Phi) is 4.07. The molecular formula is C22H16Cl2N2O2. The highest BCUT2D eigenvalue weighted by Crippen LogP contribution is 2.54.